The Bertz CT molecular complexity index is 732. The quantitative estimate of drug-likeness (QED) is 0.754. The first kappa shape index (κ1) is 17.1. The summed E-state index contributed by atoms with van der Waals surface area (Å²) in [6.07, 6.45) is 5.33. The van der Waals surface area contributed by atoms with Gasteiger partial charge >= 0.3 is 0 Å². The normalized spacial score (nSPS) is 26.6. The summed E-state index contributed by atoms with van der Waals surface area (Å²) in [5, 5.41) is 4.27. The Kier molecular flexibility index (Phi) is 4.77. The fraction of sp³-hybridized carbons (Fsp3) is 0.632. The summed E-state index contributed by atoms with van der Waals surface area (Å²) in [6.45, 7) is 10.9. The molecule has 5 heterocycles. The molecule has 0 spiro atoms. The van der Waals surface area contributed by atoms with E-state index in [4.69, 9.17) is 4.74 Å². The van der Waals surface area contributed by atoms with Crippen molar-refractivity contribution in [2.24, 2.45) is 11.8 Å². The molecule has 144 valence electrons. The minimum atomic E-state index is 0.748. The molecular weight excluding hydrogens is 342 g/mol. The van der Waals surface area contributed by atoms with E-state index in [9.17, 15) is 0 Å². The molecule has 3 saturated heterocycles. The van der Waals surface area contributed by atoms with Gasteiger partial charge in [0.2, 0.25) is 0 Å². The average molecular weight is 369 g/mol. The molecule has 2 atom stereocenters. The van der Waals surface area contributed by atoms with Crippen LogP contribution in [-0.2, 0) is 4.74 Å². The van der Waals surface area contributed by atoms with Gasteiger partial charge in [-0.1, -0.05) is 0 Å². The number of hydrogen-bond acceptors (Lipinski definition) is 7. The smallest absolute Gasteiger partial charge is 0.158 e. The van der Waals surface area contributed by atoms with Crippen molar-refractivity contribution in [1.29, 1.82) is 0 Å². The van der Waals surface area contributed by atoms with Crippen molar-refractivity contribution in [3.05, 3.63) is 30.9 Å². The van der Waals surface area contributed by atoms with Crippen molar-refractivity contribution in [2.75, 3.05) is 70.5 Å². The Morgan fingerprint density at radius 2 is 1.67 bits per heavy atom. The van der Waals surface area contributed by atoms with E-state index in [1.54, 1.807) is 17.2 Å². The molecule has 3 fully saturated rings. The highest BCUT2D eigenvalue weighted by Gasteiger charge is 2.40. The highest BCUT2D eigenvalue weighted by atomic mass is 16.5. The molecule has 0 saturated carbocycles. The molecule has 8 heteroatoms. The fourth-order valence-electron chi connectivity index (χ4n) is 4.61. The third kappa shape index (κ3) is 3.69. The number of nitrogens with zero attached hydrogens (tertiary/aromatic N) is 7. The van der Waals surface area contributed by atoms with Crippen molar-refractivity contribution in [1.82, 2.24) is 29.5 Å². The van der Waals surface area contributed by atoms with Crippen LogP contribution in [0.3, 0.4) is 0 Å². The van der Waals surface area contributed by atoms with E-state index in [1.165, 1.54) is 26.2 Å². The van der Waals surface area contributed by atoms with Gasteiger partial charge in [-0.3, -0.25) is 4.90 Å². The van der Waals surface area contributed by atoms with E-state index in [0.29, 0.717) is 0 Å². The number of ether oxygens (including phenoxy) is 1. The maximum absolute atomic E-state index is 5.44. The summed E-state index contributed by atoms with van der Waals surface area (Å²) in [7, 11) is 0. The zero-order valence-corrected chi connectivity index (χ0v) is 15.7. The fourth-order valence-corrected chi connectivity index (χ4v) is 4.61. The van der Waals surface area contributed by atoms with Gasteiger partial charge in [-0.15, -0.1) is 0 Å². The van der Waals surface area contributed by atoms with Crippen molar-refractivity contribution < 1.29 is 4.74 Å². The molecule has 0 amide bonds. The van der Waals surface area contributed by atoms with E-state index in [0.717, 1.165) is 62.9 Å². The predicted molar refractivity (Wildman–Crippen MR) is 102 cm³/mol. The first-order valence-electron chi connectivity index (χ1n) is 9.94. The summed E-state index contributed by atoms with van der Waals surface area (Å²) < 4.78 is 7.23. The molecular formula is C19H27N7O. The number of fused-ring (bicyclic) bond motifs is 1. The Morgan fingerprint density at radius 1 is 0.926 bits per heavy atom. The average Bonchev–Trinajstić information content (AvgIpc) is 3.44. The Labute approximate surface area is 159 Å². The molecule has 2 aromatic rings. The summed E-state index contributed by atoms with van der Waals surface area (Å²) in [4.78, 5) is 16.5. The lowest BCUT2D eigenvalue weighted by Crippen LogP contribution is -2.41. The minimum Gasteiger partial charge on any atom is -0.379 e. The number of morpholine rings is 1. The zero-order chi connectivity index (χ0) is 18.1. The van der Waals surface area contributed by atoms with Crippen LogP contribution in [0.4, 0.5) is 5.82 Å². The second-order valence-electron chi connectivity index (χ2n) is 7.82. The molecule has 0 radical (unpaired) electrons. The van der Waals surface area contributed by atoms with E-state index in [-0.39, 0.29) is 0 Å². The molecule has 3 aliphatic heterocycles. The van der Waals surface area contributed by atoms with Gasteiger partial charge in [0.1, 0.15) is 12.1 Å². The van der Waals surface area contributed by atoms with Crippen LogP contribution in [-0.4, -0.2) is 95.1 Å². The molecule has 5 rings (SSSR count). The van der Waals surface area contributed by atoms with Crippen LogP contribution >= 0.6 is 0 Å². The van der Waals surface area contributed by atoms with Gasteiger partial charge in [-0.2, -0.15) is 5.10 Å². The highest BCUT2D eigenvalue weighted by molar-refractivity contribution is 5.44. The van der Waals surface area contributed by atoms with E-state index >= 15 is 0 Å². The third-order valence-electron chi connectivity index (χ3n) is 6.10. The Hall–Kier alpha value is -2.03. The van der Waals surface area contributed by atoms with Gasteiger partial charge in [-0.05, 0) is 17.9 Å². The number of aromatic nitrogens is 4. The maximum atomic E-state index is 5.44. The standard InChI is InChI=1S/C19H27N7O/c1-2-22-26(3-1)19-10-18(20-15-21-19)25-13-16-11-24(12-17(16)14-25)5-4-23-6-8-27-9-7-23/h1-3,10,15-17H,4-9,11-14H2. The lowest BCUT2D eigenvalue weighted by molar-refractivity contribution is 0.0341. The van der Waals surface area contributed by atoms with Crippen molar-refractivity contribution >= 4 is 5.82 Å². The lowest BCUT2D eigenvalue weighted by atomic mass is 10.0. The zero-order valence-electron chi connectivity index (χ0n) is 15.7. The van der Waals surface area contributed by atoms with Crippen LogP contribution in [0, 0.1) is 11.8 Å². The molecule has 0 bridgehead atoms. The molecule has 0 N–H and O–H groups in total. The molecule has 0 aromatic carbocycles. The van der Waals surface area contributed by atoms with Gasteiger partial charge in [0.15, 0.2) is 5.82 Å². The maximum Gasteiger partial charge on any atom is 0.158 e. The Balaban J connectivity index is 1.16. The van der Waals surface area contributed by atoms with Crippen molar-refractivity contribution in [3.63, 3.8) is 0 Å². The minimum absolute atomic E-state index is 0.748. The molecule has 0 aliphatic carbocycles. The predicted octanol–water partition coefficient (Wildman–Crippen LogP) is 0.363. The van der Waals surface area contributed by atoms with Crippen molar-refractivity contribution in [3.8, 4) is 5.82 Å². The number of likely N-dealkylation sites (tertiary alicyclic amines) is 1. The van der Waals surface area contributed by atoms with Crippen LogP contribution in [0.1, 0.15) is 0 Å². The Morgan fingerprint density at radius 3 is 2.41 bits per heavy atom. The summed E-state index contributed by atoms with van der Waals surface area (Å²) in [5.74, 6) is 3.34. The summed E-state index contributed by atoms with van der Waals surface area (Å²) in [6, 6.07) is 3.96. The number of rotatable bonds is 5. The molecule has 2 unspecified atom stereocenters. The van der Waals surface area contributed by atoms with Gasteiger partial charge in [0.25, 0.3) is 0 Å². The van der Waals surface area contributed by atoms with Crippen LogP contribution in [0.15, 0.2) is 30.9 Å². The second-order valence-corrected chi connectivity index (χ2v) is 7.82. The van der Waals surface area contributed by atoms with E-state index in [2.05, 4.69) is 29.8 Å². The second kappa shape index (κ2) is 7.53. The van der Waals surface area contributed by atoms with Gasteiger partial charge < -0.3 is 14.5 Å². The first-order chi connectivity index (χ1) is 13.3. The van der Waals surface area contributed by atoms with Gasteiger partial charge in [0, 0.05) is 70.8 Å². The van der Waals surface area contributed by atoms with Crippen LogP contribution < -0.4 is 4.90 Å². The van der Waals surface area contributed by atoms with Crippen LogP contribution in [0.25, 0.3) is 5.82 Å². The van der Waals surface area contributed by atoms with E-state index < -0.39 is 0 Å². The van der Waals surface area contributed by atoms with Gasteiger partial charge in [-0.25, -0.2) is 14.6 Å². The SMILES string of the molecule is c1cnn(-c2cc(N3CC4CN(CCN5CCOCC5)CC4C3)ncn2)c1. The molecule has 8 nitrogen and oxygen atoms in total. The molecule has 27 heavy (non-hydrogen) atoms. The largest absolute Gasteiger partial charge is 0.379 e. The highest BCUT2D eigenvalue weighted by Crippen LogP contribution is 2.33. The van der Waals surface area contributed by atoms with E-state index in [1.807, 2.05) is 18.3 Å². The topological polar surface area (TPSA) is 62.6 Å². The number of hydrogen-bond donors (Lipinski definition) is 0. The van der Waals surface area contributed by atoms with Crippen LogP contribution in [0.2, 0.25) is 0 Å². The first-order valence-corrected chi connectivity index (χ1v) is 9.94. The van der Waals surface area contributed by atoms with Gasteiger partial charge in [0.05, 0.1) is 13.2 Å². The summed E-state index contributed by atoms with van der Waals surface area (Å²) in [5.41, 5.74) is 0. The van der Waals surface area contributed by atoms with Crippen molar-refractivity contribution in [2.45, 2.75) is 0 Å². The molecule has 2 aromatic heterocycles. The molecule has 3 aliphatic rings. The summed E-state index contributed by atoms with van der Waals surface area (Å²) >= 11 is 0. The number of anilines is 1. The monoisotopic (exact) mass is 369 g/mol. The van der Waals surface area contributed by atoms with Crippen LogP contribution in [0.5, 0.6) is 0 Å². The third-order valence-corrected chi connectivity index (χ3v) is 6.10. The lowest BCUT2D eigenvalue weighted by Gasteiger charge is -2.29.